The molecule has 1 saturated heterocycles. The number of rotatable bonds is 5. The van der Waals surface area contributed by atoms with E-state index in [0.717, 1.165) is 0 Å². The molecule has 0 aromatic heterocycles. The van der Waals surface area contributed by atoms with Gasteiger partial charge in [-0.05, 0) is 25.1 Å². The van der Waals surface area contributed by atoms with Crippen LogP contribution in [0.1, 0.15) is 13.3 Å². The number of benzene rings is 1. The third kappa shape index (κ3) is 4.07. The molecule has 1 aromatic carbocycles. The fourth-order valence-corrected chi connectivity index (χ4v) is 2.94. The Balaban J connectivity index is 2.10. The van der Waals surface area contributed by atoms with E-state index in [1.165, 1.54) is 18.1 Å². The summed E-state index contributed by atoms with van der Waals surface area (Å²) in [5.41, 5.74) is 0. The average molecular weight is 362 g/mol. The van der Waals surface area contributed by atoms with Gasteiger partial charge in [-0.15, -0.1) is 0 Å². The maximum absolute atomic E-state index is 12.5. The second-order valence-electron chi connectivity index (χ2n) is 5.27. The molecule has 0 saturated carbocycles. The topological polar surface area (TPSA) is 76.1 Å². The second kappa shape index (κ2) is 7.38. The maximum atomic E-state index is 12.5. The van der Waals surface area contributed by atoms with Crippen LogP contribution in [0.4, 0.5) is 0 Å². The summed E-state index contributed by atoms with van der Waals surface area (Å²) >= 11 is 11.8. The lowest BCUT2D eigenvalue weighted by atomic mass is 10.2. The molecule has 1 aliphatic rings. The van der Waals surface area contributed by atoms with Crippen LogP contribution in [-0.4, -0.2) is 53.8 Å². The van der Waals surface area contributed by atoms with Crippen LogP contribution >= 0.6 is 23.2 Å². The number of likely N-dealkylation sites (tertiary alicyclic amines) is 1. The molecule has 1 fully saturated rings. The average Bonchev–Trinajstić information content (AvgIpc) is 2.93. The molecule has 0 bridgehead atoms. The van der Waals surface area contributed by atoms with E-state index in [4.69, 9.17) is 32.7 Å². The monoisotopic (exact) mass is 361 g/mol. The Kier molecular flexibility index (Phi) is 5.73. The van der Waals surface area contributed by atoms with Gasteiger partial charge in [-0.25, -0.2) is 4.79 Å². The van der Waals surface area contributed by atoms with Crippen molar-refractivity contribution in [3.63, 3.8) is 0 Å². The summed E-state index contributed by atoms with van der Waals surface area (Å²) in [4.78, 5) is 25.1. The predicted octanol–water partition coefficient (Wildman–Crippen LogP) is 2.46. The van der Waals surface area contributed by atoms with Crippen molar-refractivity contribution >= 4 is 35.1 Å². The van der Waals surface area contributed by atoms with Gasteiger partial charge in [-0.1, -0.05) is 23.2 Å². The number of hydrogen-bond acceptors (Lipinski definition) is 4. The number of hydrogen-bond donors (Lipinski definition) is 1. The number of methoxy groups -OCH3 is 1. The molecule has 2 rings (SSSR count). The zero-order chi connectivity index (χ0) is 17.1. The van der Waals surface area contributed by atoms with Gasteiger partial charge in [0.2, 0.25) is 0 Å². The Morgan fingerprint density at radius 1 is 1.39 bits per heavy atom. The van der Waals surface area contributed by atoms with Gasteiger partial charge in [0.1, 0.15) is 11.8 Å². The van der Waals surface area contributed by atoms with Crippen LogP contribution < -0.4 is 4.74 Å². The lowest BCUT2D eigenvalue weighted by Crippen LogP contribution is -2.46. The van der Waals surface area contributed by atoms with Gasteiger partial charge < -0.3 is 19.5 Å². The summed E-state index contributed by atoms with van der Waals surface area (Å²) in [6, 6.07) is 3.74. The summed E-state index contributed by atoms with van der Waals surface area (Å²) in [6.45, 7) is 1.76. The smallest absolute Gasteiger partial charge is 0.326 e. The van der Waals surface area contributed by atoms with Gasteiger partial charge in [0, 0.05) is 25.1 Å². The van der Waals surface area contributed by atoms with Crippen molar-refractivity contribution < 1.29 is 24.2 Å². The van der Waals surface area contributed by atoms with Gasteiger partial charge in [-0.2, -0.15) is 0 Å². The largest absolute Gasteiger partial charge is 0.480 e. The van der Waals surface area contributed by atoms with Crippen LogP contribution in [0.3, 0.4) is 0 Å². The van der Waals surface area contributed by atoms with E-state index < -0.39 is 24.0 Å². The molecule has 3 atom stereocenters. The van der Waals surface area contributed by atoms with Gasteiger partial charge in [0.05, 0.1) is 11.1 Å². The zero-order valence-corrected chi connectivity index (χ0v) is 14.2. The van der Waals surface area contributed by atoms with Crippen LogP contribution in [0.2, 0.25) is 10.0 Å². The lowest BCUT2D eigenvalue weighted by molar-refractivity contribution is -0.150. The summed E-state index contributed by atoms with van der Waals surface area (Å²) in [5.74, 6) is -1.18. The Bertz CT molecular complexity index is 610. The van der Waals surface area contributed by atoms with Gasteiger partial charge in [-0.3, -0.25) is 4.79 Å². The van der Waals surface area contributed by atoms with Crippen molar-refractivity contribution in [2.45, 2.75) is 31.6 Å². The van der Waals surface area contributed by atoms with E-state index in [1.807, 2.05) is 0 Å². The highest BCUT2D eigenvalue weighted by Gasteiger charge is 2.41. The van der Waals surface area contributed by atoms with Crippen molar-refractivity contribution in [3.05, 3.63) is 28.2 Å². The highest BCUT2D eigenvalue weighted by Crippen LogP contribution is 2.29. The highest BCUT2D eigenvalue weighted by molar-refractivity contribution is 6.35. The molecule has 23 heavy (non-hydrogen) atoms. The summed E-state index contributed by atoms with van der Waals surface area (Å²) in [6.07, 6.45) is -0.927. The van der Waals surface area contributed by atoms with Gasteiger partial charge in [0.25, 0.3) is 5.91 Å². The quantitative estimate of drug-likeness (QED) is 0.871. The normalized spacial score (nSPS) is 22.0. The van der Waals surface area contributed by atoms with E-state index in [9.17, 15) is 14.7 Å². The minimum atomic E-state index is -1.06. The highest BCUT2D eigenvalue weighted by atomic mass is 35.5. The Morgan fingerprint density at radius 3 is 2.65 bits per heavy atom. The first-order valence-electron chi connectivity index (χ1n) is 7.01. The van der Waals surface area contributed by atoms with Gasteiger partial charge in [0.15, 0.2) is 6.10 Å². The Hall–Kier alpha value is -1.50. The number of carboxylic acid groups (broad SMARTS) is 1. The van der Waals surface area contributed by atoms with Crippen molar-refractivity contribution in [1.82, 2.24) is 4.90 Å². The molecule has 1 amide bonds. The van der Waals surface area contributed by atoms with Crippen LogP contribution in [0.5, 0.6) is 5.75 Å². The van der Waals surface area contributed by atoms with Crippen LogP contribution in [0.25, 0.3) is 0 Å². The van der Waals surface area contributed by atoms with E-state index >= 15 is 0 Å². The molecule has 0 aliphatic carbocycles. The van der Waals surface area contributed by atoms with Crippen LogP contribution in [0, 0.1) is 0 Å². The summed E-state index contributed by atoms with van der Waals surface area (Å²) in [7, 11) is 1.49. The minimum Gasteiger partial charge on any atom is -0.480 e. The molecule has 1 aliphatic heterocycles. The molecule has 126 valence electrons. The molecule has 0 radical (unpaired) electrons. The number of carbonyl (C=O) groups is 2. The van der Waals surface area contributed by atoms with E-state index in [2.05, 4.69) is 0 Å². The molecule has 1 aromatic rings. The fourth-order valence-electron chi connectivity index (χ4n) is 2.49. The van der Waals surface area contributed by atoms with Crippen molar-refractivity contribution in [2.75, 3.05) is 13.7 Å². The Morgan fingerprint density at radius 2 is 2.09 bits per heavy atom. The van der Waals surface area contributed by atoms with E-state index in [-0.39, 0.29) is 24.1 Å². The van der Waals surface area contributed by atoms with Crippen molar-refractivity contribution in [3.8, 4) is 5.75 Å². The number of carboxylic acids is 1. The summed E-state index contributed by atoms with van der Waals surface area (Å²) < 4.78 is 10.7. The number of aliphatic carboxylic acids is 1. The fraction of sp³-hybridized carbons (Fsp3) is 0.467. The standard InChI is InChI=1S/C15H17Cl2NO5/c1-8(23-13-4-3-9(16)5-11(13)17)14(19)18-7-10(22-2)6-12(18)15(20)21/h3-5,8,10,12H,6-7H2,1-2H3,(H,20,21). The number of halogens is 2. The van der Waals surface area contributed by atoms with Crippen molar-refractivity contribution in [2.24, 2.45) is 0 Å². The number of carbonyl (C=O) groups excluding carboxylic acids is 1. The van der Waals surface area contributed by atoms with Crippen LogP contribution in [0.15, 0.2) is 18.2 Å². The Labute approximate surface area is 143 Å². The first-order valence-corrected chi connectivity index (χ1v) is 7.77. The van der Waals surface area contributed by atoms with E-state index in [0.29, 0.717) is 10.8 Å². The first kappa shape index (κ1) is 17.8. The molecule has 0 spiro atoms. The second-order valence-corrected chi connectivity index (χ2v) is 6.12. The molecular weight excluding hydrogens is 345 g/mol. The predicted molar refractivity (Wildman–Crippen MR) is 85.1 cm³/mol. The number of nitrogens with zero attached hydrogens (tertiary/aromatic N) is 1. The molecule has 8 heteroatoms. The SMILES string of the molecule is COC1CC(C(=O)O)N(C(=O)C(C)Oc2ccc(Cl)cc2Cl)C1. The maximum Gasteiger partial charge on any atom is 0.326 e. The molecule has 6 nitrogen and oxygen atoms in total. The molecule has 1 heterocycles. The summed E-state index contributed by atoms with van der Waals surface area (Å²) in [5, 5.41) is 10.0. The lowest BCUT2D eigenvalue weighted by Gasteiger charge is -2.25. The number of amides is 1. The van der Waals surface area contributed by atoms with E-state index in [1.54, 1.807) is 19.1 Å². The molecule has 3 unspecified atom stereocenters. The van der Waals surface area contributed by atoms with Crippen molar-refractivity contribution in [1.29, 1.82) is 0 Å². The molecule has 1 N–H and O–H groups in total. The van der Waals surface area contributed by atoms with Crippen LogP contribution in [-0.2, 0) is 14.3 Å². The number of ether oxygens (including phenoxy) is 2. The minimum absolute atomic E-state index is 0.217. The zero-order valence-electron chi connectivity index (χ0n) is 12.7. The van der Waals surface area contributed by atoms with Gasteiger partial charge >= 0.3 is 5.97 Å². The first-order chi connectivity index (χ1) is 10.8. The third-order valence-corrected chi connectivity index (χ3v) is 4.24. The molecular formula is C15H17Cl2NO5. The third-order valence-electron chi connectivity index (χ3n) is 3.71.